The standard InChI is InChI=1S/C12H14O5/c13-6-9-5-11-10(16-7-17-11)4-8(9)2-1-3-12(14)15/h4-5,13H,1-3,6-7H2,(H,14,15). The summed E-state index contributed by atoms with van der Waals surface area (Å²) in [6, 6.07) is 3.56. The Balaban J connectivity index is 2.12. The smallest absolute Gasteiger partial charge is 0.303 e. The zero-order valence-electron chi connectivity index (χ0n) is 9.31. The SMILES string of the molecule is O=C(O)CCCc1cc2c(cc1CO)OCO2. The van der Waals surface area contributed by atoms with Crippen LogP contribution >= 0.6 is 0 Å². The number of fused-ring (bicyclic) bond motifs is 1. The van der Waals surface area contributed by atoms with E-state index in [0.717, 1.165) is 11.1 Å². The molecule has 1 aliphatic heterocycles. The van der Waals surface area contributed by atoms with E-state index in [9.17, 15) is 9.90 Å². The van der Waals surface area contributed by atoms with Crippen molar-refractivity contribution in [3.8, 4) is 11.5 Å². The van der Waals surface area contributed by atoms with E-state index >= 15 is 0 Å². The lowest BCUT2D eigenvalue weighted by molar-refractivity contribution is -0.137. The number of carboxylic acid groups (broad SMARTS) is 1. The summed E-state index contributed by atoms with van der Waals surface area (Å²) in [6.07, 6.45) is 1.28. The van der Waals surface area contributed by atoms with E-state index in [1.165, 1.54) is 0 Å². The van der Waals surface area contributed by atoms with Crippen LogP contribution in [0, 0.1) is 0 Å². The van der Waals surface area contributed by atoms with Crippen LogP contribution in [0.15, 0.2) is 12.1 Å². The lowest BCUT2D eigenvalue weighted by Gasteiger charge is -2.08. The van der Waals surface area contributed by atoms with Gasteiger partial charge < -0.3 is 19.7 Å². The van der Waals surface area contributed by atoms with E-state index in [1.54, 1.807) is 6.07 Å². The minimum absolute atomic E-state index is 0.0843. The number of aliphatic hydroxyl groups is 1. The van der Waals surface area contributed by atoms with Crippen LogP contribution in [-0.2, 0) is 17.8 Å². The van der Waals surface area contributed by atoms with Crippen molar-refractivity contribution in [3.05, 3.63) is 23.3 Å². The van der Waals surface area contributed by atoms with Crippen molar-refractivity contribution in [2.75, 3.05) is 6.79 Å². The number of aliphatic hydroxyl groups excluding tert-OH is 1. The van der Waals surface area contributed by atoms with Gasteiger partial charge in [-0.2, -0.15) is 0 Å². The second-order valence-corrected chi connectivity index (χ2v) is 3.88. The minimum Gasteiger partial charge on any atom is -0.481 e. The van der Waals surface area contributed by atoms with Crippen molar-refractivity contribution in [3.63, 3.8) is 0 Å². The number of benzene rings is 1. The fourth-order valence-electron chi connectivity index (χ4n) is 1.84. The molecule has 2 N–H and O–H groups in total. The number of rotatable bonds is 5. The van der Waals surface area contributed by atoms with Gasteiger partial charge in [-0.3, -0.25) is 4.79 Å². The Kier molecular flexibility index (Phi) is 3.49. The molecule has 0 bridgehead atoms. The fraction of sp³-hybridized carbons (Fsp3) is 0.417. The largest absolute Gasteiger partial charge is 0.481 e. The van der Waals surface area contributed by atoms with Crippen molar-refractivity contribution in [1.82, 2.24) is 0 Å². The van der Waals surface area contributed by atoms with Crippen LogP contribution < -0.4 is 9.47 Å². The molecule has 0 unspecified atom stereocenters. The van der Waals surface area contributed by atoms with Crippen LogP contribution in [0.1, 0.15) is 24.0 Å². The molecule has 2 rings (SSSR count). The molecule has 92 valence electrons. The second kappa shape index (κ2) is 5.05. The zero-order chi connectivity index (χ0) is 12.3. The molecule has 0 atom stereocenters. The summed E-state index contributed by atoms with van der Waals surface area (Å²) < 4.78 is 10.5. The first-order chi connectivity index (χ1) is 8.20. The molecule has 1 aliphatic rings. The summed E-state index contributed by atoms with van der Waals surface area (Å²) in [5.41, 5.74) is 1.68. The third-order valence-corrected chi connectivity index (χ3v) is 2.70. The minimum atomic E-state index is -0.809. The third kappa shape index (κ3) is 2.68. The first-order valence-electron chi connectivity index (χ1n) is 5.44. The average molecular weight is 238 g/mol. The molecule has 0 saturated heterocycles. The Morgan fingerprint density at radius 2 is 1.88 bits per heavy atom. The van der Waals surface area contributed by atoms with Gasteiger partial charge in [0.1, 0.15) is 0 Å². The lowest BCUT2D eigenvalue weighted by atomic mass is 10.0. The topological polar surface area (TPSA) is 76.0 Å². The molecule has 0 amide bonds. The fourth-order valence-corrected chi connectivity index (χ4v) is 1.84. The number of hydrogen-bond donors (Lipinski definition) is 2. The molecule has 0 aliphatic carbocycles. The van der Waals surface area contributed by atoms with Crippen LogP contribution in [0.3, 0.4) is 0 Å². The van der Waals surface area contributed by atoms with Gasteiger partial charge in [0, 0.05) is 6.42 Å². The number of ether oxygens (including phenoxy) is 2. The molecule has 1 aromatic rings. The number of carbonyl (C=O) groups is 1. The summed E-state index contributed by atoms with van der Waals surface area (Å²) in [5, 5.41) is 17.8. The maximum atomic E-state index is 10.4. The first-order valence-corrected chi connectivity index (χ1v) is 5.44. The molecule has 5 heteroatoms. The summed E-state index contributed by atoms with van der Waals surface area (Å²) in [4.78, 5) is 10.4. The predicted molar refractivity (Wildman–Crippen MR) is 59.1 cm³/mol. The lowest BCUT2D eigenvalue weighted by Crippen LogP contribution is -1.99. The van der Waals surface area contributed by atoms with Gasteiger partial charge in [-0.15, -0.1) is 0 Å². The first kappa shape index (κ1) is 11.7. The quantitative estimate of drug-likeness (QED) is 0.809. The zero-order valence-corrected chi connectivity index (χ0v) is 9.31. The van der Waals surface area contributed by atoms with E-state index in [2.05, 4.69) is 0 Å². The van der Waals surface area contributed by atoms with Gasteiger partial charge in [0.05, 0.1) is 6.61 Å². The number of aryl methyl sites for hydroxylation is 1. The van der Waals surface area contributed by atoms with Gasteiger partial charge in [0.2, 0.25) is 6.79 Å². The highest BCUT2D eigenvalue weighted by molar-refractivity contribution is 5.66. The maximum Gasteiger partial charge on any atom is 0.303 e. The molecule has 0 fully saturated rings. The van der Waals surface area contributed by atoms with Gasteiger partial charge in [0.25, 0.3) is 0 Å². The van der Waals surface area contributed by atoms with Crippen molar-refractivity contribution in [1.29, 1.82) is 0 Å². The van der Waals surface area contributed by atoms with E-state index in [1.807, 2.05) is 6.07 Å². The van der Waals surface area contributed by atoms with Gasteiger partial charge in [-0.1, -0.05) is 0 Å². The Morgan fingerprint density at radius 3 is 2.47 bits per heavy atom. The molecule has 1 aromatic carbocycles. The highest BCUT2D eigenvalue weighted by Crippen LogP contribution is 2.35. The summed E-state index contributed by atoms with van der Waals surface area (Å²) in [7, 11) is 0. The number of hydrogen-bond acceptors (Lipinski definition) is 4. The van der Waals surface area contributed by atoms with Crippen molar-refractivity contribution >= 4 is 5.97 Å². The Bertz CT molecular complexity index is 427. The van der Waals surface area contributed by atoms with E-state index in [0.29, 0.717) is 24.3 Å². The van der Waals surface area contributed by atoms with Crippen LogP contribution in [-0.4, -0.2) is 23.0 Å². The molecule has 0 saturated carbocycles. The van der Waals surface area contributed by atoms with Crippen LogP contribution in [0.5, 0.6) is 11.5 Å². The molecule has 0 spiro atoms. The van der Waals surface area contributed by atoms with Crippen LogP contribution in [0.4, 0.5) is 0 Å². The van der Waals surface area contributed by atoms with Crippen molar-refractivity contribution < 1.29 is 24.5 Å². The second-order valence-electron chi connectivity index (χ2n) is 3.88. The highest BCUT2D eigenvalue weighted by Gasteiger charge is 2.16. The summed E-state index contributed by atoms with van der Waals surface area (Å²) in [6.45, 7) is 0.109. The highest BCUT2D eigenvalue weighted by atomic mass is 16.7. The van der Waals surface area contributed by atoms with Gasteiger partial charge in [0.15, 0.2) is 11.5 Å². The maximum absolute atomic E-state index is 10.4. The van der Waals surface area contributed by atoms with Gasteiger partial charge in [-0.25, -0.2) is 0 Å². The molecular formula is C12H14O5. The van der Waals surface area contributed by atoms with Gasteiger partial charge >= 0.3 is 5.97 Å². The van der Waals surface area contributed by atoms with Crippen molar-refractivity contribution in [2.24, 2.45) is 0 Å². The normalized spacial score (nSPS) is 12.8. The van der Waals surface area contributed by atoms with E-state index in [4.69, 9.17) is 14.6 Å². The van der Waals surface area contributed by atoms with Crippen LogP contribution in [0.25, 0.3) is 0 Å². The molecule has 1 heterocycles. The molecule has 0 aromatic heterocycles. The number of aliphatic carboxylic acids is 1. The van der Waals surface area contributed by atoms with E-state index in [-0.39, 0.29) is 19.8 Å². The van der Waals surface area contributed by atoms with Crippen molar-refractivity contribution in [2.45, 2.75) is 25.9 Å². The third-order valence-electron chi connectivity index (χ3n) is 2.70. The summed E-state index contributed by atoms with van der Waals surface area (Å²) in [5.74, 6) is 0.486. The molecule has 0 radical (unpaired) electrons. The Labute approximate surface area is 98.6 Å². The average Bonchev–Trinajstić information content (AvgIpc) is 2.74. The molecule has 17 heavy (non-hydrogen) atoms. The molecular weight excluding hydrogens is 224 g/mol. The Hall–Kier alpha value is -1.75. The number of carboxylic acids is 1. The van der Waals surface area contributed by atoms with Gasteiger partial charge in [-0.05, 0) is 36.1 Å². The monoisotopic (exact) mass is 238 g/mol. The summed E-state index contributed by atoms with van der Waals surface area (Å²) >= 11 is 0. The van der Waals surface area contributed by atoms with Crippen LogP contribution in [0.2, 0.25) is 0 Å². The van der Waals surface area contributed by atoms with E-state index < -0.39 is 5.97 Å². The Morgan fingerprint density at radius 1 is 1.24 bits per heavy atom. The molecule has 5 nitrogen and oxygen atoms in total. The predicted octanol–water partition coefficient (Wildman–Crippen LogP) is 1.31.